The summed E-state index contributed by atoms with van der Waals surface area (Å²) in [5.41, 5.74) is -0.433. The Kier molecular flexibility index (Phi) is 6.30. The molecule has 0 saturated heterocycles. The summed E-state index contributed by atoms with van der Waals surface area (Å²) in [6.07, 6.45) is 3.03. The van der Waals surface area contributed by atoms with Crippen molar-refractivity contribution in [3.8, 4) is 11.6 Å². The number of benzene rings is 2. The molecule has 0 saturated carbocycles. The van der Waals surface area contributed by atoms with E-state index in [1.165, 1.54) is 6.08 Å². The number of hydrogen-bond acceptors (Lipinski definition) is 6. The number of hydrogen-bond donors (Lipinski definition) is 2. The maximum absolute atomic E-state index is 11.7. The fraction of sp³-hybridized carbons (Fsp3) is 0.0526. The van der Waals surface area contributed by atoms with Gasteiger partial charge in [0.05, 0.1) is 9.40 Å². The van der Waals surface area contributed by atoms with Gasteiger partial charge in [-0.15, -0.1) is 0 Å². The number of ether oxygens (including phenoxy) is 1. The highest BCUT2D eigenvalue weighted by molar-refractivity contribution is 9.10. The molecule has 10 heteroatoms. The third-order valence-corrected chi connectivity index (χ3v) is 4.80. The number of H-pyrrole nitrogens is 1. The molecule has 3 rings (SSSR count). The van der Waals surface area contributed by atoms with Crippen LogP contribution in [0.2, 0.25) is 5.02 Å². The van der Waals surface area contributed by atoms with E-state index in [4.69, 9.17) is 16.3 Å². The van der Waals surface area contributed by atoms with Crippen molar-refractivity contribution in [1.82, 2.24) is 9.97 Å². The molecule has 0 bridgehead atoms. The molecule has 0 radical (unpaired) electrons. The van der Waals surface area contributed by atoms with Crippen molar-refractivity contribution in [2.24, 2.45) is 0 Å². The van der Waals surface area contributed by atoms with Crippen LogP contribution in [0.25, 0.3) is 12.2 Å². The Hall–Kier alpha value is -3.17. The van der Waals surface area contributed by atoms with Crippen molar-refractivity contribution in [2.75, 3.05) is 0 Å². The Morgan fingerprint density at radius 3 is 2.69 bits per heavy atom. The molecule has 1 heterocycles. The highest BCUT2D eigenvalue weighted by Gasteiger charge is 2.21. The molecule has 0 aliphatic heterocycles. The topological polar surface area (TPSA) is 118 Å². The van der Waals surface area contributed by atoms with Crippen molar-refractivity contribution >= 4 is 45.4 Å². The summed E-state index contributed by atoms with van der Waals surface area (Å²) >= 11 is 9.55. The summed E-state index contributed by atoms with van der Waals surface area (Å²) in [4.78, 5) is 27.2. The van der Waals surface area contributed by atoms with Crippen molar-refractivity contribution < 1.29 is 14.8 Å². The SMILES string of the molecule is O=c1[nH]c(/C=C\c2ccc(OCc3ccccc3Cl)c(Br)c2)nc(O)c1[N+](=O)[O-]. The second-order valence-corrected chi connectivity index (χ2v) is 7.05. The van der Waals surface area contributed by atoms with Crippen molar-refractivity contribution in [2.45, 2.75) is 6.61 Å². The Balaban J connectivity index is 1.74. The van der Waals surface area contributed by atoms with Crippen LogP contribution in [0.3, 0.4) is 0 Å². The lowest BCUT2D eigenvalue weighted by molar-refractivity contribution is -0.387. The Bertz CT molecular complexity index is 1160. The van der Waals surface area contributed by atoms with E-state index in [2.05, 4.69) is 25.9 Å². The summed E-state index contributed by atoms with van der Waals surface area (Å²) in [6.45, 7) is 0.306. The zero-order valence-electron chi connectivity index (χ0n) is 14.6. The van der Waals surface area contributed by atoms with Crippen LogP contribution in [0, 0.1) is 10.1 Å². The van der Waals surface area contributed by atoms with Crippen LogP contribution in [-0.4, -0.2) is 20.0 Å². The van der Waals surface area contributed by atoms with Gasteiger partial charge in [-0.25, -0.2) is 0 Å². The summed E-state index contributed by atoms with van der Waals surface area (Å²) in [6, 6.07) is 12.7. The van der Waals surface area contributed by atoms with Gasteiger partial charge in [-0.2, -0.15) is 4.98 Å². The van der Waals surface area contributed by atoms with Crippen LogP contribution < -0.4 is 10.3 Å². The third-order valence-electron chi connectivity index (χ3n) is 3.81. The lowest BCUT2D eigenvalue weighted by Crippen LogP contribution is -2.14. The fourth-order valence-corrected chi connectivity index (χ4v) is 3.10. The van der Waals surface area contributed by atoms with Gasteiger partial charge in [-0.1, -0.05) is 41.9 Å². The Labute approximate surface area is 177 Å². The predicted molar refractivity (Wildman–Crippen MR) is 112 cm³/mol. The molecule has 0 aliphatic carbocycles. The van der Waals surface area contributed by atoms with Gasteiger partial charge < -0.3 is 14.8 Å². The summed E-state index contributed by atoms with van der Waals surface area (Å²) < 4.78 is 6.47. The molecular formula is C19H13BrClN3O5. The summed E-state index contributed by atoms with van der Waals surface area (Å²) in [7, 11) is 0. The molecule has 29 heavy (non-hydrogen) atoms. The lowest BCUT2D eigenvalue weighted by atomic mass is 10.2. The number of nitrogens with zero attached hydrogens (tertiary/aromatic N) is 2. The first-order valence-electron chi connectivity index (χ1n) is 8.16. The molecular weight excluding hydrogens is 466 g/mol. The molecule has 0 unspecified atom stereocenters. The smallest absolute Gasteiger partial charge is 0.395 e. The molecule has 1 aromatic heterocycles. The summed E-state index contributed by atoms with van der Waals surface area (Å²) in [5.74, 6) is -0.349. The molecule has 0 fully saturated rings. The van der Waals surface area contributed by atoms with E-state index >= 15 is 0 Å². The zero-order valence-corrected chi connectivity index (χ0v) is 17.0. The van der Waals surface area contributed by atoms with Crippen LogP contribution in [0.15, 0.2) is 51.7 Å². The Morgan fingerprint density at radius 2 is 2.03 bits per heavy atom. The van der Waals surface area contributed by atoms with Gasteiger partial charge in [-0.05, 0) is 45.8 Å². The fourth-order valence-electron chi connectivity index (χ4n) is 2.40. The second-order valence-electron chi connectivity index (χ2n) is 5.78. The summed E-state index contributed by atoms with van der Waals surface area (Å²) in [5, 5.41) is 20.9. The second kappa shape index (κ2) is 8.89. The largest absolute Gasteiger partial charge is 0.488 e. The number of aromatic hydroxyl groups is 1. The van der Waals surface area contributed by atoms with Crippen LogP contribution in [0.1, 0.15) is 17.0 Å². The molecule has 0 aliphatic rings. The number of aromatic amines is 1. The minimum Gasteiger partial charge on any atom is -0.488 e. The third kappa shape index (κ3) is 5.01. The average molecular weight is 479 g/mol. The molecule has 0 atom stereocenters. The number of nitro groups is 1. The minimum absolute atomic E-state index is 0.0201. The standard InChI is InChI=1S/C19H13BrClN3O5/c20-13-9-11(5-7-15(13)29-10-12-3-1-2-4-14(12)21)6-8-16-22-18(25)17(24(27)28)19(26)23-16/h1-9H,10H2,(H2,22,23,25,26)/b8-6-. The number of halogens is 2. The molecule has 0 spiro atoms. The minimum atomic E-state index is -1.04. The first-order valence-corrected chi connectivity index (χ1v) is 9.34. The first kappa shape index (κ1) is 20.6. The lowest BCUT2D eigenvalue weighted by Gasteiger charge is -2.10. The highest BCUT2D eigenvalue weighted by atomic mass is 79.9. The van der Waals surface area contributed by atoms with Gasteiger partial charge in [0.25, 0.3) is 5.88 Å². The van der Waals surface area contributed by atoms with Gasteiger partial charge in [0.15, 0.2) is 0 Å². The molecule has 8 nitrogen and oxygen atoms in total. The van der Waals surface area contributed by atoms with Gasteiger partial charge in [-0.3, -0.25) is 14.9 Å². The quantitative estimate of drug-likeness (QED) is 0.396. The number of aromatic nitrogens is 2. The molecule has 2 aromatic carbocycles. The van der Waals surface area contributed by atoms with E-state index in [9.17, 15) is 20.0 Å². The van der Waals surface area contributed by atoms with Crippen LogP contribution in [0.4, 0.5) is 5.69 Å². The van der Waals surface area contributed by atoms with E-state index in [-0.39, 0.29) is 5.82 Å². The van der Waals surface area contributed by atoms with Crippen molar-refractivity contribution in [3.05, 3.63) is 89.4 Å². The zero-order chi connectivity index (χ0) is 21.0. The van der Waals surface area contributed by atoms with Crippen molar-refractivity contribution in [1.29, 1.82) is 0 Å². The molecule has 0 amide bonds. The van der Waals surface area contributed by atoms with E-state index in [1.54, 1.807) is 30.3 Å². The van der Waals surface area contributed by atoms with E-state index in [0.717, 1.165) is 11.1 Å². The van der Waals surface area contributed by atoms with Crippen LogP contribution in [0.5, 0.6) is 11.6 Å². The van der Waals surface area contributed by atoms with Crippen LogP contribution >= 0.6 is 27.5 Å². The number of nitrogens with one attached hydrogen (secondary N) is 1. The van der Waals surface area contributed by atoms with Gasteiger partial charge in [0.1, 0.15) is 18.2 Å². The molecule has 3 aromatic rings. The highest BCUT2D eigenvalue weighted by Crippen LogP contribution is 2.28. The van der Waals surface area contributed by atoms with E-state index < -0.39 is 22.0 Å². The Morgan fingerprint density at radius 1 is 1.28 bits per heavy atom. The van der Waals surface area contributed by atoms with Gasteiger partial charge in [0.2, 0.25) is 0 Å². The molecule has 2 N–H and O–H groups in total. The average Bonchev–Trinajstić information content (AvgIpc) is 2.66. The van der Waals surface area contributed by atoms with E-state index in [1.807, 2.05) is 18.2 Å². The van der Waals surface area contributed by atoms with Crippen molar-refractivity contribution in [3.63, 3.8) is 0 Å². The van der Waals surface area contributed by atoms with Gasteiger partial charge in [0, 0.05) is 10.6 Å². The maximum Gasteiger partial charge on any atom is 0.395 e. The van der Waals surface area contributed by atoms with E-state index in [0.29, 0.717) is 21.9 Å². The first-order chi connectivity index (χ1) is 13.8. The number of rotatable bonds is 6. The maximum atomic E-state index is 11.7. The molecule has 148 valence electrons. The monoisotopic (exact) mass is 477 g/mol. The predicted octanol–water partition coefficient (Wildman–Crippen LogP) is 4.55. The normalized spacial score (nSPS) is 11.0. The van der Waals surface area contributed by atoms with Gasteiger partial charge >= 0.3 is 11.2 Å². The van der Waals surface area contributed by atoms with Crippen LogP contribution in [-0.2, 0) is 6.61 Å².